The van der Waals surface area contributed by atoms with Gasteiger partial charge < -0.3 is 10.5 Å². The van der Waals surface area contributed by atoms with Gasteiger partial charge in [-0.2, -0.15) is 13.2 Å². The van der Waals surface area contributed by atoms with E-state index in [4.69, 9.17) is 15.9 Å². The lowest BCUT2D eigenvalue weighted by Gasteiger charge is -2.20. The largest absolute Gasteiger partial charge is 0.400 e. The van der Waals surface area contributed by atoms with Crippen molar-refractivity contribution in [2.75, 3.05) is 13.2 Å². The first-order valence-electron chi connectivity index (χ1n) is 6.39. The molecule has 0 amide bonds. The van der Waals surface area contributed by atoms with Gasteiger partial charge in [0.15, 0.2) is 0 Å². The number of halogens is 3. The van der Waals surface area contributed by atoms with Gasteiger partial charge >= 0.3 is 6.18 Å². The predicted octanol–water partition coefficient (Wildman–Crippen LogP) is 3.09. The molecule has 1 fully saturated rings. The van der Waals surface area contributed by atoms with Crippen molar-refractivity contribution in [3.8, 4) is 0 Å². The average Bonchev–Trinajstić information content (AvgIpc) is 2.50. The third-order valence-corrected chi connectivity index (χ3v) is 3.38. The first-order valence-corrected chi connectivity index (χ1v) is 6.39. The van der Waals surface area contributed by atoms with Gasteiger partial charge in [-0.1, -0.05) is 25.7 Å². The van der Waals surface area contributed by atoms with Crippen LogP contribution in [0.4, 0.5) is 13.2 Å². The normalized spacial score (nSPS) is 20.4. The zero-order valence-corrected chi connectivity index (χ0v) is 10.4. The van der Waals surface area contributed by atoms with Crippen molar-refractivity contribution < 1.29 is 17.9 Å². The molecule has 0 aliphatic heterocycles. The second-order valence-electron chi connectivity index (χ2n) is 4.94. The molecule has 0 aromatic carbocycles. The quantitative estimate of drug-likeness (QED) is 0.456. The monoisotopic (exact) mass is 266 g/mol. The van der Waals surface area contributed by atoms with E-state index >= 15 is 0 Å². The van der Waals surface area contributed by atoms with Crippen LogP contribution >= 0.6 is 0 Å². The summed E-state index contributed by atoms with van der Waals surface area (Å²) in [6, 6.07) is 0. The molecule has 1 aliphatic carbocycles. The van der Waals surface area contributed by atoms with E-state index in [1.165, 1.54) is 12.8 Å². The maximum absolute atomic E-state index is 12.5. The van der Waals surface area contributed by atoms with Gasteiger partial charge in [0.25, 0.3) is 0 Å². The number of alkyl halides is 3. The molecule has 0 saturated heterocycles. The van der Waals surface area contributed by atoms with Crippen LogP contribution in [0.25, 0.3) is 0 Å². The zero-order valence-electron chi connectivity index (χ0n) is 10.4. The van der Waals surface area contributed by atoms with Crippen LogP contribution in [-0.2, 0) is 4.74 Å². The van der Waals surface area contributed by atoms with Crippen molar-refractivity contribution in [3.05, 3.63) is 0 Å². The van der Waals surface area contributed by atoms with Crippen molar-refractivity contribution in [2.45, 2.75) is 44.7 Å². The third kappa shape index (κ3) is 5.25. The van der Waals surface area contributed by atoms with Gasteiger partial charge in [-0.15, -0.1) is 0 Å². The van der Waals surface area contributed by atoms with Gasteiger partial charge in [0.1, 0.15) is 11.8 Å². The van der Waals surface area contributed by atoms with Crippen molar-refractivity contribution in [3.63, 3.8) is 0 Å². The Morgan fingerprint density at radius 3 is 2.22 bits per heavy atom. The molecule has 0 radical (unpaired) electrons. The summed E-state index contributed by atoms with van der Waals surface area (Å²) in [5.41, 5.74) is 4.95. The summed E-state index contributed by atoms with van der Waals surface area (Å²) in [4.78, 5) is 0. The van der Waals surface area contributed by atoms with E-state index < -0.39 is 24.5 Å². The van der Waals surface area contributed by atoms with Gasteiger partial charge in [-0.3, -0.25) is 5.41 Å². The molecule has 6 heteroatoms. The van der Waals surface area contributed by atoms with Crippen LogP contribution in [0.2, 0.25) is 0 Å². The summed E-state index contributed by atoms with van der Waals surface area (Å²) in [5, 5.41) is 6.94. The minimum atomic E-state index is -4.49. The van der Waals surface area contributed by atoms with E-state index in [-0.39, 0.29) is 0 Å². The highest BCUT2D eigenvalue weighted by Gasteiger charge is 2.42. The fraction of sp³-hybridized carbons (Fsp3) is 0.917. The predicted molar refractivity (Wildman–Crippen MR) is 63.5 cm³/mol. The van der Waals surface area contributed by atoms with Crippen LogP contribution < -0.4 is 5.73 Å². The molecule has 3 nitrogen and oxygen atoms in total. The van der Waals surface area contributed by atoms with Crippen molar-refractivity contribution in [1.29, 1.82) is 5.41 Å². The van der Waals surface area contributed by atoms with Crippen molar-refractivity contribution >= 4 is 5.84 Å². The lowest BCUT2D eigenvalue weighted by molar-refractivity contribution is -0.169. The van der Waals surface area contributed by atoms with Crippen LogP contribution in [0.15, 0.2) is 0 Å². The molecule has 0 bridgehead atoms. The van der Waals surface area contributed by atoms with Crippen LogP contribution in [0.5, 0.6) is 0 Å². The minimum Gasteiger partial charge on any atom is -0.387 e. The summed E-state index contributed by atoms with van der Waals surface area (Å²) < 4.78 is 42.6. The lowest BCUT2D eigenvalue weighted by atomic mass is 10.0. The van der Waals surface area contributed by atoms with Gasteiger partial charge in [-0.05, 0) is 18.8 Å². The highest BCUT2D eigenvalue weighted by Crippen LogP contribution is 2.27. The summed E-state index contributed by atoms with van der Waals surface area (Å²) >= 11 is 0. The van der Waals surface area contributed by atoms with E-state index in [0.717, 1.165) is 25.7 Å². The molecular weight excluding hydrogens is 245 g/mol. The van der Waals surface area contributed by atoms with Crippen LogP contribution in [0.3, 0.4) is 0 Å². The lowest BCUT2D eigenvalue weighted by Crippen LogP contribution is -2.38. The molecule has 0 aromatic heterocycles. The van der Waals surface area contributed by atoms with E-state index in [0.29, 0.717) is 12.5 Å². The van der Waals surface area contributed by atoms with Crippen LogP contribution in [-0.4, -0.2) is 25.2 Å². The molecule has 0 aromatic rings. The molecule has 1 atom stereocenters. The van der Waals surface area contributed by atoms with Gasteiger partial charge in [0.2, 0.25) is 0 Å². The maximum atomic E-state index is 12.5. The summed E-state index contributed by atoms with van der Waals surface area (Å²) in [6.45, 7) is -0.185. The molecule has 1 rings (SSSR count). The number of nitrogens with two attached hydrogens (primary N) is 1. The molecule has 3 N–H and O–H groups in total. The fourth-order valence-electron chi connectivity index (χ4n) is 2.24. The SMILES string of the molecule is N=C(N)C(COCC1CCCCCC1)C(F)(F)F. The molecule has 1 unspecified atom stereocenters. The average molecular weight is 266 g/mol. The molecule has 0 heterocycles. The summed E-state index contributed by atoms with van der Waals surface area (Å²) in [5.74, 6) is -2.49. The number of amidine groups is 1. The third-order valence-electron chi connectivity index (χ3n) is 3.38. The molecular formula is C12H21F3N2O. The molecule has 0 spiro atoms. The van der Waals surface area contributed by atoms with E-state index in [1.807, 2.05) is 0 Å². The molecule has 18 heavy (non-hydrogen) atoms. The molecule has 106 valence electrons. The zero-order chi connectivity index (χ0) is 13.6. The Balaban J connectivity index is 2.32. The number of hydrogen-bond donors (Lipinski definition) is 2. The van der Waals surface area contributed by atoms with Crippen LogP contribution in [0.1, 0.15) is 38.5 Å². The number of rotatable bonds is 5. The standard InChI is InChI=1S/C12H21F3N2O/c13-12(14,15)10(11(16)17)8-18-7-9-5-3-1-2-4-6-9/h9-10H,1-8H2,(H3,16,17). The van der Waals surface area contributed by atoms with E-state index in [9.17, 15) is 13.2 Å². The Bertz CT molecular complexity index is 261. The minimum absolute atomic E-state index is 0.347. The first kappa shape index (κ1) is 15.3. The Hall–Kier alpha value is -0.780. The highest BCUT2D eigenvalue weighted by atomic mass is 19.4. The topological polar surface area (TPSA) is 59.1 Å². The summed E-state index contributed by atoms with van der Waals surface area (Å²) in [6.07, 6.45) is 2.22. The number of hydrogen-bond acceptors (Lipinski definition) is 2. The highest BCUT2D eigenvalue weighted by molar-refractivity contribution is 5.80. The number of nitrogens with one attached hydrogen (secondary N) is 1. The van der Waals surface area contributed by atoms with Crippen molar-refractivity contribution in [1.82, 2.24) is 0 Å². The second kappa shape index (κ2) is 6.97. The van der Waals surface area contributed by atoms with E-state index in [2.05, 4.69) is 0 Å². The van der Waals surface area contributed by atoms with Crippen LogP contribution in [0, 0.1) is 17.2 Å². The smallest absolute Gasteiger partial charge is 0.387 e. The van der Waals surface area contributed by atoms with Gasteiger partial charge in [0, 0.05) is 6.61 Å². The van der Waals surface area contributed by atoms with Crippen molar-refractivity contribution in [2.24, 2.45) is 17.6 Å². The van der Waals surface area contributed by atoms with Gasteiger partial charge in [-0.25, -0.2) is 0 Å². The molecule has 1 saturated carbocycles. The Morgan fingerprint density at radius 1 is 1.22 bits per heavy atom. The Morgan fingerprint density at radius 2 is 1.78 bits per heavy atom. The Labute approximate surface area is 105 Å². The van der Waals surface area contributed by atoms with E-state index in [1.54, 1.807) is 0 Å². The second-order valence-corrected chi connectivity index (χ2v) is 4.94. The van der Waals surface area contributed by atoms with Gasteiger partial charge in [0.05, 0.1) is 6.61 Å². The Kier molecular flexibility index (Phi) is 5.91. The summed E-state index contributed by atoms with van der Waals surface area (Å²) in [7, 11) is 0. The first-order chi connectivity index (χ1) is 8.41. The molecule has 1 aliphatic rings. The maximum Gasteiger partial charge on any atom is 0.400 e. The fourth-order valence-corrected chi connectivity index (χ4v) is 2.24. The number of ether oxygens (including phenoxy) is 1.